The Morgan fingerprint density at radius 2 is 1.72 bits per heavy atom. The molecule has 122 valence electrons. The number of hydroxylamine groups is 1. The molecule has 6 heteroatoms. The Morgan fingerprint density at radius 3 is 2.48 bits per heavy atom. The number of nitrogens with zero attached hydrogens (tertiary/aromatic N) is 2. The second-order valence-electron chi connectivity index (χ2n) is 5.40. The van der Waals surface area contributed by atoms with Crippen molar-refractivity contribution in [2.45, 2.75) is 0 Å². The number of amides is 1. The number of hydrogen-bond acceptors (Lipinski definition) is 5. The molecule has 0 fully saturated rings. The van der Waals surface area contributed by atoms with Crippen LogP contribution in [0.2, 0.25) is 0 Å². The lowest BCUT2D eigenvalue weighted by molar-refractivity contribution is 0.0706. The normalized spacial score (nSPS) is 12.1. The van der Waals surface area contributed by atoms with Gasteiger partial charge in [0.2, 0.25) is 0 Å². The van der Waals surface area contributed by atoms with Crippen molar-refractivity contribution in [1.29, 1.82) is 0 Å². The molecule has 1 aliphatic heterocycles. The number of benzene rings is 2. The van der Waals surface area contributed by atoms with E-state index in [1.165, 1.54) is 6.20 Å². The van der Waals surface area contributed by atoms with Crippen LogP contribution in [0.5, 0.6) is 11.5 Å². The number of rotatable bonds is 2. The molecule has 4 rings (SSSR count). The number of fused-ring (bicyclic) bond motifs is 2. The standard InChI is InChI=1S/C19H13N3O3/c23-19(22-24)12-9-10-15(20-11-12)18-13-5-1-3-7-16(13)25-17-8-4-2-6-14(17)21-18/h1-11,24H,(H,22,23). The minimum Gasteiger partial charge on any atom is -0.454 e. The maximum Gasteiger partial charge on any atom is 0.276 e. The lowest BCUT2D eigenvalue weighted by atomic mass is 10.0. The average molecular weight is 331 g/mol. The van der Waals surface area contributed by atoms with Crippen LogP contribution < -0.4 is 10.2 Å². The maximum absolute atomic E-state index is 11.5. The Hall–Kier alpha value is -3.51. The molecule has 2 heterocycles. The van der Waals surface area contributed by atoms with Crippen LogP contribution in [0.15, 0.2) is 71.9 Å². The van der Waals surface area contributed by atoms with E-state index in [0.29, 0.717) is 28.6 Å². The highest BCUT2D eigenvalue weighted by molar-refractivity contribution is 6.15. The van der Waals surface area contributed by atoms with Crippen LogP contribution in [0, 0.1) is 0 Å². The molecule has 25 heavy (non-hydrogen) atoms. The van der Waals surface area contributed by atoms with Gasteiger partial charge in [0.25, 0.3) is 5.91 Å². The highest BCUT2D eigenvalue weighted by Gasteiger charge is 2.20. The second kappa shape index (κ2) is 6.18. The summed E-state index contributed by atoms with van der Waals surface area (Å²) >= 11 is 0. The Kier molecular flexibility index (Phi) is 3.72. The summed E-state index contributed by atoms with van der Waals surface area (Å²) in [6, 6.07) is 18.4. The predicted octanol–water partition coefficient (Wildman–Crippen LogP) is 3.48. The van der Waals surface area contributed by atoms with Gasteiger partial charge in [-0.3, -0.25) is 15.0 Å². The number of aliphatic imine (C=N–C) groups is 1. The smallest absolute Gasteiger partial charge is 0.276 e. The van der Waals surface area contributed by atoms with Crippen molar-refractivity contribution in [1.82, 2.24) is 10.5 Å². The van der Waals surface area contributed by atoms with Gasteiger partial charge in [-0.15, -0.1) is 0 Å². The van der Waals surface area contributed by atoms with Gasteiger partial charge in [0, 0.05) is 11.8 Å². The van der Waals surface area contributed by atoms with Crippen LogP contribution in [0.1, 0.15) is 21.6 Å². The van der Waals surface area contributed by atoms with Crippen LogP contribution in [0.4, 0.5) is 5.69 Å². The molecule has 0 bridgehead atoms. The van der Waals surface area contributed by atoms with Gasteiger partial charge in [-0.1, -0.05) is 24.3 Å². The fraction of sp³-hybridized carbons (Fsp3) is 0. The van der Waals surface area contributed by atoms with E-state index in [2.05, 4.69) is 4.98 Å². The maximum atomic E-state index is 11.5. The summed E-state index contributed by atoms with van der Waals surface area (Å²) in [4.78, 5) is 20.5. The highest BCUT2D eigenvalue weighted by Crippen LogP contribution is 2.38. The van der Waals surface area contributed by atoms with Crippen LogP contribution in [-0.4, -0.2) is 21.8 Å². The van der Waals surface area contributed by atoms with E-state index in [-0.39, 0.29) is 5.56 Å². The van der Waals surface area contributed by atoms with Gasteiger partial charge in [-0.2, -0.15) is 0 Å². The van der Waals surface area contributed by atoms with E-state index in [0.717, 1.165) is 5.56 Å². The first-order chi connectivity index (χ1) is 12.3. The molecule has 2 aromatic carbocycles. The third kappa shape index (κ3) is 2.75. The van der Waals surface area contributed by atoms with Gasteiger partial charge in [-0.05, 0) is 36.4 Å². The van der Waals surface area contributed by atoms with Gasteiger partial charge in [0.15, 0.2) is 5.75 Å². The van der Waals surface area contributed by atoms with Crippen molar-refractivity contribution in [2.75, 3.05) is 0 Å². The van der Waals surface area contributed by atoms with Crippen LogP contribution in [-0.2, 0) is 0 Å². The number of ether oxygens (including phenoxy) is 1. The topological polar surface area (TPSA) is 83.8 Å². The van der Waals surface area contributed by atoms with Gasteiger partial charge >= 0.3 is 0 Å². The number of pyridine rings is 1. The molecule has 1 aromatic heterocycles. The molecule has 2 N–H and O–H groups in total. The first kappa shape index (κ1) is 15.0. The summed E-state index contributed by atoms with van der Waals surface area (Å²) in [7, 11) is 0. The number of carbonyl (C=O) groups is 1. The van der Waals surface area contributed by atoms with Gasteiger partial charge in [0.05, 0.1) is 11.3 Å². The molecule has 0 spiro atoms. The van der Waals surface area contributed by atoms with Gasteiger partial charge in [-0.25, -0.2) is 10.5 Å². The number of carbonyl (C=O) groups excluding carboxylic acids is 1. The van der Waals surface area contributed by atoms with Crippen molar-refractivity contribution in [3.63, 3.8) is 0 Å². The number of nitrogens with one attached hydrogen (secondary N) is 1. The van der Waals surface area contributed by atoms with Crippen molar-refractivity contribution in [2.24, 2.45) is 4.99 Å². The highest BCUT2D eigenvalue weighted by atomic mass is 16.5. The van der Waals surface area contributed by atoms with Crippen molar-refractivity contribution < 1.29 is 14.7 Å². The van der Waals surface area contributed by atoms with Gasteiger partial charge < -0.3 is 4.74 Å². The predicted molar refractivity (Wildman–Crippen MR) is 91.7 cm³/mol. The van der Waals surface area contributed by atoms with E-state index in [1.54, 1.807) is 17.6 Å². The first-order valence-electron chi connectivity index (χ1n) is 7.62. The molecule has 0 saturated heterocycles. The second-order valence-corrected chi connectivity index (χ2v) is 5.40. The molecule has 1 amide bonds. The SMILES string of the molecule is O=C(NO)c1ccc(C2=Nc3ccccc3Oc3ccccc32)nc1. The molecule has 0 radical (unpaired) electrons. The molecule has 6 nitrogen and oxygen atoms in total. The summed E-state index contributed by atoms with van der Waals surface area (Å²) in [6.45, 7) is 0. The van der Waals surface area contributed by atoms with E-state index in [1.807, 2.05) is 48.5 Å². The molecular formula is C19H13N3O3. The molecule has 1 aliphatic rings. The molecular weight excluding hydrogens is 318 g/mol. The summed E-state index contributed by atoms with van der Waals surface area (Å²) < 4.78 is 5.99. The lowest BCUT2D eigenvalue weighted by Crippen LogP contribution is -2.19. The quantitative estimate of drug-likeness (QED) is 0.435. The Morgan fingerprint density at radius 1 is 0.960 bits per heavy atom. The van der Waals surface area contributed by atoms with Crippen molar-refractivity contribution >= 4 is 17.3 Å². The Labute approximate surface area is 143 Å². The van der Waals surface area contributed by atoms with Crippen molar-refractivity contribution in [3.05, 3.63) is 83.7 Å². The third-order valence-corrected chi connectivity index (χ3v) is 3.83. The number of hydrogen-bond donors (Lipinski definition) is 2. The molecule has 0 saturated carbocycles. The zero-order valence-electron chi connectivity index (χ0n) is 13.0. The Balaban J connectivity index is 1.87. The van der Waals surface area contributed by atoms with E-state index >= 15 is 0 Å². The Bertz CT molecular complexity index is 981. The summed E-state index contributed by atoms with van der Waals surface area (Å²) in [5, 5.41) is 8.72. The molecule has 0 atom stereocenters. The molecule has 0 unspecified atom stereocenters. The van der Waals surface area contributed by atoms with Crippen LogP contribution >= 0.6 is 0 Å². The largest absolute Gasteiger partial charge is 0.454 e. The third-order valence-electron chi connectivity index (χ3n) is 3.83. The average Bonchev–Trinajstić information content (AvgIpc) is 2.84. The fourth-order valence-electron chi connectivity index (χ4n) is 2.61. The zero-order chi connectivity index (χ0) is 17.2. The van der Waals surface area contributed by atoms with Crippen LogP contribution in [0.3, 0.4) is 0 Å². The molecule has 3 aromatic rings. The number of para-hydroxylation sites is 3. The fourth-order valence-corrected chi connectivity index (χ4v) is 2.61. The summed E-state index contributed by atoms with van der Waals surface area (Å²) in [5.74, 6) is 0.738. The van der Waals surface area contributed by atoms with Crippen LogP contribution in [0.25, 0.3) is 0 Å². The van der Waals surface area contributed by atoms with Gasteiger partial charge in [0.1, 0.15) is 17.1 Å². The zero-order valence-corrected chi connectivity index (χ0v) is 13.0. The first-order valence-corrected chi connectivity index (χ1v) is 7.62. The monoisotopic (exact) mass is 331 g/mol. The minimum atomic E-state index is -0.615. The van der Waals surface area contributed by atoms with E-state index in [9.17, 15) is 4.79 Å². The van der Waals surface area contributed by atoms with Crippen molar-refractivity contribution in [3.8, 4) is 11.5 Å². The van der Waals surface area contributed by atoms with E-state index in [4.69, 9.17) is 14.9 Å². The molecule has 0 aliphatic carbocycles. The number of aromatic nitrogens is 1. The lowest BCUT2D eigenvalue weighted by Gasteiger charge is -2.09. The summed E-state index contributed by atoms with van der Waals surface area (Å²) in [6.07, 6.45) is 1.39. The minimum absolute atomic E-state index is 0.255. The summed E-state index contributed by atoms with van der Waals surface area (Å²) in [5.41, 5.74) is 4.61. The van der Waals surface area contributed by atoms with E-state index < -0.39 is 5.91 Å².